The molecule has 3 aromatic heterocycles. The van der Waals surface area contributed by atoms with Gasteiger partial charge in [0.15, 0.2) is 0 Å². The maximum atomic E-state index is 13.7. The Labute approximate surface area is 800 Å². The molecule has 0 bridgehead atoms. The van der Waals surface area contributed by atoms with Crippen molar-refractivity contribution in [3.8, 4) is 0 Å². The number of hydrogen-bond donors (Lipinski definition) is 0. The van der Waals surface area contributed by atoms with Crippen LogP contribution in [-0.2, 0) is 113 Å². The van der Waals surface area contributed by atoms with Crippen LogP contribution in [-0.4, -0.2) is 15.0 Å². The van der Waals surface area contributed by atoms with Crippen LogP contribution in [0.4, 0.5) is 140 Å². The predicted molar refractivity (Wildman–Crippen MR) is 475 cm³/mol. The van der Waals surface area contributed by atoms with E-state index in [-0.39, 0.29) is 118 Å². The number of anilines is 20. The van der Waals surface area contributed by atoms with E-state index in [4.69, 9.17) is 4.98 Å². The fourth-order valence-corrected chi connectivity index (χ4v) is 15.0. The van der Waals surface area contributed by atoms with Gasteiger partial charge in [-0.25, -0.2) is 15.0 Å². The van der Waals surface area contributed by atoms with Gasteiger partial charge in [-0.05, 0) is 173 Å². The number of hydrogen-bond acceptors (Lipinski definition) is 13. The quantitative estimate of drug-likeness (QED) is 0.0965. The normalized spacial score (nSPS) is 13.0. The molecular formula is C102H81F6Ir5N13-10. The molecule has 0 fully saturated rings. The molecule has 15 aromatic rings. The van der Waals surface area contributed by atoms with Gasteiger partial charge in [0.05, 0.1) is 28.2 Å². The molecule has 13 nitrogen and oxygen atoms in total. The summed E-state index contributed by atoms with van der Waals surface area (Å²) in [5, 5.41) is 0. The molecule has 5 aliphatic heterocycles. The molecule has 0 saturated carbocycles. The van der Waals surface area contributed by atoms with E-state index in [2.05, 4.69) is 246 Å². The summed E-state index contributed by atoms with van der Waals surface area (Å²) < 4.78 is 82.1. The van der Waals surface area contributed by atoms with E-state index < -0.39 is 23.5 Å². The van der Waals surface area contributed by atoms with E-state index in [0.717, 1.165) is 86.0 Å². The summed E-state index contributed by atoms with van der Waals surface area (Å²) in [5.74, 6) is 2.11. The van der Waals surface area contributed by atoms with E-state index in [1.54, 1.807) is 75.4 Å². The Balaban J connectivity index is 0.000000152. The average molecular weight is 2560 g/mol. The average Bonchev–Trinajstić information content (AvgIpc) is 1.59. The van der Waals surface area contributed by atoms with Crippen LogP contribution in [0, 0.1) is 119 Å². The van der Waals surface area contributed by atoms with Crippen LogP contribution >= 0.6 is 0 Å². The number of alkyl halides is 6. The van der Waals surface area contributed by atoms with Crippen LogP contribution in [0.2, 0.25) is 0 Å². The van der Waals surface area contributed by atoms with Gasteiger partial charge in [0.2, 0.25) is 0 Å². The molecule has 126 heavy (non-hydrogen) atoms. The Hall–Kier alpha value is -11.1. The van der Waals surface area contributed by atoms with E-state index in [9.17, 15) is 26.3 Å². The Morgan fingerprint density at radius 3 is 1.05 bits per heavy atom. The first-order valence-electron chi connectivity index (χ1n) is 39.3. The molecular weight excluding hydrogens is 2480 g/mol. The molecule has 0 saturated heterocycles. The van der Waals surface area contributed by atoms with Crippen molar-refractivity contribution in [1.82, 2.24) is 15.0 Å². The zero-order valence-electron chi connectivity index (χ0n) is 69.2. The van der Waals surface area contributed by atoms with Gasteiger partial charge in [0.1, 0.15) is 17.5 Å². The van der Waals surface area contributed by atoms with Crippen molar-refractivity contribution in [2.75, 3.05) is 49.0 Å². The summed E-state index contributed by atoms with van der Waals surface area (Å²) >= 11 is 0. The summed E-state index contributed by atoms with van der Waals surface area (Å²) in [5.41, 5.74) is 21.9. The van der Waals surface area contributed by atoms with Crippen molar-refractivity contribution in [2.24, 2.45) is 0 Å². The predicted octanol–water partition coefficient (Wildman–Crippen LogP) is 27.2. The molecule has 0 amide bonds. The van der Waals surface area contributed by atoms with Gasteiger partial charge >= 0.3 is 12.4 Å². The van der Waals surface area contributed by atoms with E-state index in [1.807, 2.05) is 148 Å². The number of benzene rings is 12. The third-order valence-electron chi connectivity index (χ3n) is 20.9. The molecule has 12 aromatic carbocycles. The number of para-hydroxylation sites is 11. The Kier molecular flexibility index (Phi) is 31.9. The number of nitrogens with zero attached hydrogens (tertiary/aromatic N) is 13. The van der Waals surface area contributed by atoms with Crippen LogP contribution in [0.5, 0.6) is 0 Å². The molecule has 0 spiro atoms. The van der Waals surface area contributed by atoms with Gasteiger partial charge < -0.3 is 49.0 Å². The van der Waals surface area contributed by atoms with Gasteiger partial charge in [0.25, 0.3) is 0 Å². The first kappa shape index (κ1) is 95.6. The standard InChI is InChI=1S/C21H15F3N2.C21H18N2.C20H14F3N3.2C20H17N3.5Ir/c1-15-8-5-6-12-18(15)26-14-25(16-9-3-2-4-10-16)19-13-7-11-17(20(19)26)21(22,23)24;1-16-12-13-20-21(14-16)22(18-9-4-3-5-10-18)15-23(20)19-11-7-6-8-17(19)2;1-14-7-5-6-10-17(14)26-13-25(15-8-3-2-4-9-15)19-18(26)16(11-12-24-19)20(21,22)23;1-15-12-19-20(21-13-15)23(18-11-7-6-8-16(18)2)14-22(19)17-9-4-3-5-10-17;1-15-8-6-7-11-18(15)23-14-22(17-9-4-3-5-10-17)20-19(23)13-12-16(2)21-20;;;;;/h2-9,11-14H,1H3;3-9,11-15H,1-2H3;2-8,10-13H,1H3;2*3-9,11-14H,1-2H3;;;;;/q5*-2;;;;;. The molecule has 0 unspecified atom stereocenters. The monoisotopic (exact) mass is 2570 g/mol. The minimum Gasteiger partial charge on any atom is -0.493 e. The van der Waals surface area contributed by atoms with Crippen molar-refractivity contribution >= 4 is 114 Å². The number of halogens is 6. The summed E-state index contributed by atoms with van der Waals surface area (Å²) in [6.07, 6.45) is -5.84. The Morgan fingerprint density at radius 2 is 0.595 bits per heavy atom. The van der Waals surface area contributed by atoms with Gasteiger partial charge in [-0.15, -0.1) is 61.8 Å². The SMILES string of the molecule is Cc1ccc2c(c1)N(c1[c-]cccc1)[CH-]N2c1ccccc1C.Cc1ccc2c(n1)N(c1[c-]cccc1)[CH-]N2c1ccccc1C.Cc1ccccc1N1[CH-]N(c2[c-]cccc2)c2cccc(C(F)(F)F)c21.Cc1ccccc1N1[CH-]N(c2[c-]cccc2)c2nccc(C(F)(F)F)c21.Cc1cnc2c(c1)N(c1[c-]cccc1)[CH-]N2c1ccccc1C.[Ir].[Ir].[Ir].[Ir].[Ir]. The second-order valence-electron chi connectivity index (χ2n) is 29.3. The number of rotatable bonds is 10. The first-order chi connectivity index (χ1) is 58.6. The Bertz CT molecular complexity index is 5670. The number of aryl methyl sites for hydroxylation is 8. The van der Waals surface area contributed by atoms with Crippen molar-refractivity contribution in [3.05, 3.63) is 435 Å². The number of fused-ring (bicyclic) bond motifs is 5. The van der Waals surface area contributed by atoms with Crippen molar-refractivity contribution in [3.63, 3.8) is 0 Å². The summed E-state index contributed by atoms with van der Waals surface area (Å²) in [4.78, 5) is 33.2. The van der Waals surface area contributed by atoms with E-state index in [1.165, 1.54) is 51.6 Å². The number of pyridine rings is 3. The molecule has 20 rings (SSSR count). The van der Waals surface area contributed by atoms with Crippen LogP contribution in [0.3, 0.4) is 0 Å². The van der Waals surface area contributed by atoms with Crippen LogP contribution < -0.4 is 49.0 Å². The van der Waals surface area contributed by atoms with Gasteiger partial charge in [0, 0.05) is 170 Å². The largest absolute Gasteiger partial charge is 0.493 e. The van der Waals surface area contributed by atoms with Gasteiger partial charge in [-0.3, -0.25) is 0 Å². The topological polar surface area (TPSA) is 71.1 Å². The minimum atomic E-state index is -4.49. The molecule has 651 valence electrons. The zero-order chi connectivity index (χ0) is 84.1. The molecule has 0 N–H and O–H groups in total. The first-order valence-corrected chi connectivity index (χ1v) is 39.3. The third-order valence-corrected chi connectivity index (χ3v) is 20.9. The van der Waals surface area contributed by atoms with Gasteiger partial charge in [-0.2, -0.15) is 178 Å². The van der Waals surface area contributed by atoms with Crippen molar-refractivity contribution in [1.29, 1.82) is 0 Å². The molecule has 5 radical (unpaired) electrons. The fourth-order valence-electron chi connectivity index (χ4n) is 15.0. The van der Waals surface area contributed by atoms with E-state index in [0.29, 0.717) is 28.4 Å². The molecule has 24 heteroatoms. The van der Waals surface area contributed by atoms with Gasteiger partial charge in [-0.1, -0.05) is 103 Å². The molecule has 5 aliphatic rings. The Morgan fingerprint density at radius 1 is 0.254 bits per heavy atom. The van der Waals surface area contributed by atoms with Crippen LogP contribution in [0.25, 0.3) is 0 Å². The second kappa shape index (κ2) is 42.0. The summed E-state index contributed by atoms with van der Waals surface area (Å²) in [7, 11) is 0. The third kappa shape index (κ3) is 20.5. The molecule has 8 heterocycles. The number of aromatic nitrogens is 3. The zero-order valence-corrected chi connectivity index (χ0v) is 81.1. The van der Waals surface area contributed by atoms with Crippen molar-refractivity contribution in [2.45, 2.75) is 67.7 Å². The minimum absolute atomic E-state index is 0. The summed E-state index contributed by atoms with van der Waals surface area (Å²) in [6.45, 7) is 26.0. The molecule has 0 atom stereocenters. The maximum absolute atomic E-state index is 13.7. The maximum Gasteiger partial charge on any atom is 0.418 e. The smallest absolute Gasteiger partial charge is 0.418 e. The fraction of sp³-hybridized carbons (Fsp3) is 0.0980. The second-order valence-corrected chi connectivity index (χ2v) is 29.3. The molecule has 0 aliphatic carbocycles. The van der Waals surface area contributed by atoms with Crippen LogP contribution in [0.1, 0.15) is 55.8 Å². The van der Waals surface area contributed by atoms with Crippen LogP contribution in [0.15, 0.2) is 316 Å². The van der Waals surface area contributed by atoms with Crippen molar-refractivity contribution < 1.29 is 127 Å². The summed E-state index contributed by atoms with van der Waals surface area (Å²) in [6, 6.07) is 113. The van der Waals surface area contributed by atoms with E-state index >= 15 is 0 Å².